The number of rotatable bonds is 5. The molecule has 0 radical (unpaired) electrons. The Labute approximate surface area is 122 Å². The Morgan fingerprint density at radius 1 is 1.45 bits per heavy atom. The predicted molar refractivity (Wildman–Crippen MR) is 79.7 cm³/mol. The standard InChI is InChI=1S/C15H30N2O3/c1-11(10-18)12(2)16-9-13-7-6-8-17(13)14(19)20-15(3,4)5/h11-13,16,18H,6-10H2,1-5H3. The quantitative estimate of drug-likeness (QED) is 0.811. The van der Waals surface area contributed by atoms with E-state index in [1.54, 1.807) is 0 Å². The number of hydrogen-bond acceptors (Lipinski definition) is 4. The zero-order valence-corrected chi connectivity index (χ0v) is 13.5. The average Bonchev–Trinajstić information content (AvgIpc) is 2.81. The number of nitrogens with one attached hydrogen (secondary N) is 1. The smallest absolute Gasteiger partial charge is 0.410 e. The van der Waals surface area contributed by atoms with Gasteiger partial charge in [0.05, 0.1) is 0 Å². The first-order valence-electron chi connectivity index (χ1n) is 7.58. The van der Waals surface area contributed by atoms with E-state index in [1.807, 2.05) is 32.6 Å². The van der Waals surface area contributed by atoms with Crippen molar-refractivity contribution in [2.75, 3.05) is 19.7 Å². The largest absolute Gasteiger partial charge is 0.444 e. The van der Waals surface area contributed by atoms with E-state index in [0.29, 0.717) is 0 Å². The Hall–Kier alpha value is -0.810. The van der Waals surface area contributed by atoms with Gasteiger partial charge < -0.3 is 20.1 Å². The van der Waals surface area contributed by atoms with Gasteiger partial charge in [0.15, 0.2) is 0 Å². The van der Waals surface area contributed by atoms with Crippen LogP contribution in [-0.4, -0.2) is 53.5 Å². The van der Waals surface area contributed by atoms with Gasteiger partial charge in [0.2, 0.25) is 0 Å². The molecule has 1 amide bonds. The third kappa shape index (κ3) is 5.29. The van der Waals surface area contributed by atoms with Crippen molar-refractivity contribution < 1.29 is 14.6 Å². The molecule has 5 nitrogen and oxygen atoms in total. The third-order valence-corrected chi connectivity index (χ3v) is 3.82. The summed E-state index contributed by atoms with van der Waals surface area (Å²) in [4.78, 5) is 14.0. The molecule has 0 aromatic rings. The maximum Gasteiger partial charge on any atom is 0.410 e. The monoisotopic (exact) mass is 286 g/mol. The third-order valence-electron chi connectivity index (χ3n) is 3.82. The molecule has 0 aromatic carbocycles. The lowest BCUT2D eigenvalue weighted by molar-refractivity contribution is 0.0223. The summed E-state index contributed by atoms with van der Waals surface area (Å²) in [6, 6.07) is 0.430. The van der Waals surface area contributed by atoms with Crippen LogP contribution in [0.1, 0.15) is 47.5 Å². The van der Waals surface area contributed by atoms with E-state index in [0.717, 1.165) is 25.9 Å². The number of amides is 1. The lowest BCUT2D eigenvalue weighted by Gasteiger charge is -2.30. The van der Waals surface area contributed by atoms with Gasteiger partial charge in [0, 0.05) is 31.8 Å². The van der Waals surface area contributed by atoms with Crippen molar-refractivity contribution >= 4 is 6.09 Å². The number of nitrogens with zero attached hydrogens (tertiary/aromatic N) is 1. The van der Waals surface area contributed by atoms with Crippen LogP contribution in [0.4, 0.5) is 4.79 Å². The fourth-order valence-electron chi connectivity index (χ4n) is 2.29. The molecule has 20 heavy (non-hydrogen) atoms. The molecular formula is C15H30N2O3. The fourth-order valence-corrected chi connectivity index (χ4v) is 2.29. The van der Waals surface area contributed by atoms with Crippen molar-refractivity contribution in [3.8, 4) is 0 Å². The van der Waals surface area contributed by atoms with Crippen molar-refractivity contribution in [3.63, 3.8) is 0 Å². The van der Waals surface area contributed by atoms with Crippen molar-refractivity contribution in [1.29, 1.82) is 0 Å². The van der Waals surface area contributed by atoms with Crippen LogP contribution >= 0.6 is 0 Å². The topological polar surface area (TPSA) is 61.8 Å². The van der Waals surface area contributed by atoms with Crippen LogP contribution in [0.2, 0.25) is 0 Å². The molecule has 5 heteroatoms. The van der Waals surface area contributed by atoms with Gasteiger partial charge in [-0.3, -0.25) is 0 Å². The highest BCUT2D eigenvalue weighted by atomic mass is 16.6. The Balaban J connectivity index is 2.47. The second-order valence-corrected chi connectivity index (χ2v) is 6.83. The van der Waals surface area contributed by atoms with Crippen LogP contribution in [0.5, 0.6) is 0 Å². The van der Waals surface area contributed by atoms with E-state index in [9.17, 15) is 4.79 Å². The van der Waals surface area contributed by atoms with E-state index in [1.165, 1.54) is 0 Å². The molecule has 2 N–H and O–H groups in total. The fraction of sp³-hybridized carbons (Fsp3) is 0.933. The molecule has 3 atom stereocenters. The predicted octanol–water partition coefficient (Wildman–Crippen LogP) is 1.99. The SMILES string of the molecule is CC(CO)C(C)NCC1CCCN1C(=O)OC(C)(C)C. The zero-order chi connectivity index (χ0) is 15.3. The Morgan fingerprint density at radius 3 is 2.65 bits per heavy atom. The van der Waals surface area contributed by atoms with Crippen LogP contribution in [0.15, 0.2) is 0 Å². The van der Waals surface area contributed by atoms with Gasteiger partial charge in [-0.2, -0.15) is 0 Å². The summed E-state index contributed by atoms with van der Waals surface area (Å²) in [5.74, 6) is 0.214. The van der Waals surface area contributed by atoms with E-state index in [2.05, 4.69) is 12.2 Å². The molecule has 1 aliphatic rings. The van der Waals surface area contributed by atoms with Crippen LogP contribution < -0.4 is 5.32 Å². The first kappa shape index (κ1) is 17.2. The summed E-state index contributed by atoms with van der Waals surface area (Å²) in [5.41, 5.74) is -0.448. The highest BCUT2D eigenvalue weighted by molar-refractivity contribution is 5.69. The second-order valence-electron chi connectivity index (χ2n) is 6.83. The highest BCUT2D eigenvalue weighted by Crippen LogP contribution is 2.20. The van der Waals surface area contributed by atoms with Gasteiger partial charge in [-0.25, -0.2) is 4.79 Å². The summed E-state index contributed by atoms with van der Waals surface area (Å²) in [5, 5.41) is 12.6. The lowest BCUT2D eigenvalue weighted by atomic mass is 10.0. The summed E-state index contributed by atoms with van der Waals surface area (Å²) < 4.78 is 5.45. The van der Waals surface area contributed by atoms with Crippen molar-refractivity contribution in [2.24, 2.45) is 5.92 Å². The number of hydrogen-bond donors (Lipinski definition) is 2. The minimum absolute atomic E-state index is 0.175. The van der Waals surface area contributed by atoms with Gasteiger partial charge in [-0.1, -0.05) is 6.92 Å². The number of aliphatic hydroxyl groups excluding tert-OH is 1. The molecule has 0 bridgehead atoms. The summed E-state index contributed by atoms with van der Waals surface area (Å²) in [6.45, 7) is 11.4. The van der Waals surface area contributed by atoms with Gasteiger partial charge >= 0.3 is 6.09 Å². The van der Waals surface area contributed by atoms with E-state index >= 15 is 0 Å². The van der Waals surface area contributed by atoms with Crippen molar-refractivity contribution in [1.82, 2.24) is 10.2 Å². The maximum atomic E-state index is 12.1. The second kappa shape index (κ2) is 7.27. The van der Waals surface area contributed by atoms with Gasteiger partial charge in [-0.05, 0) is 46.5 Å². The molecule has 118 valence electrons. The maximum absolute atomic E-state index is 12.1. The molecule has 1 aliphatic heterocycles. The molecule has 1 heterocycles. The molecule has 1 saturated heterocycles. The van der Waals surface area contributed by atoms with E-state index < -0.39 is 5.60 Å². The lowest BCUT2D eigenvalue weighted by Crippen LogP contribution is -2.46. The first-order chi connectivity index (χ1) is 9.24. The highest BCUT2D eigenvalue weighted by Gasteiger charge is 2.32. The first-order valence-corrected chi connectivity index (χ1v) is 7.58. The van der Waals surface area contributed by atoms with E-state index in [4.69, 9.17) is 9.84 Å². The van der Waals surface area contributed by atoms with Gasteiger partial charge in [-0.15, -0.1) is 0 Å². The minimum Gasteiger partial charge on any atom is -0.444 e. The molecule has 0 aromatic heterocycles. The van der Waals surface area contributed by atoms with Crippen LogP contribution in [0.25, 0.3) is 0 Å². The summed E-state index contributed by atoms with van der Waals surface area (Å²) in [6.07, 6.45) is 1.81. The van der Waals surface area contributed by atoms with E-state index in [-0.39, 0.29) is 30.7 Å². The van der Waals surface area contributed by atoms with Crippen molar-refractivity contribution in [3.05, 3.63) is 0 Å². The van der Waals surface area contributed by atoms with Crippen LogP contribution in [0, 0.1) is 5.92 Å². The van der Waals surface area contributed by atoms with Crippen molar-refractivity contribution in [2.45, 2.75) is 65.1 Å². The normalized spacial score (nSPS) is 22.7. The number of likely N-dealkylation sites (tertiary alicyclic amines) is 1. The Kier molecular flexibility index (Phi) is 6.27. The molecule has 1 rings (SSSR count). The Bertz CT molecular complexity index is 315. The summed E-state index contributed by atoms with van der Waals surface area (Å²) >= 11 is 0. The van der Waals surface area contributed by atoms with Gasteiger partial charge in [0.1, 0.15) is 5.60 Å². The molecular weight excluding hydrogens is 256 g/mol. The zero-order valence-electron chi connectivity index (χ0n) is 13.5. The molecule has 0 spiro atoms. The molecule has 0 saturated carbocycles. The molecule has 1 fully saturated rings. The van der Waals surface area contributed by atoms with Gasteiger partial charge in [0.25, 0.3) is 0 Å². The number of carbonyl (C=O) groups excluding carboxylic acids is 1. The Morgan fingerprint density at radius 2 is 2.10 bits per heavy atom. The van der Waals surface area contributed by atoms with Crippen LogP contribution in [0.3, 0.4) is 0 Å². The van der Waals surface area contributed by atoms with Crippen LogP contribution in [-0.2, 0) is 4.74 Å². The number of ether oxygens (including phenoxy) is 1. The summed E-state index contributed by atoms with van der Waals surface area (Å²) in [7, 11) is 0. The minimum atomic E-state index is -0.448. The number of aliphatic hydroxyl groups is 1. The number of carbonyl (C=O) groups is 1. The average molecular weight is 286 g/mol. The molecule has 0 aliphatic carbocycles. The molecule has 3 unspecified atom stereocenters.